The van der Waals surface area contributed by atoms with Crippen molar-refractivity contribution in [3.8, 4) is 6.07 Å². The number of nitrogens with zero attached hydrogens (tertiary/aromatic N) is 2. The van der Waals surface area contributed by atoms with Crippen molar-refractivity contribution in [2.45, 2.75) is 19.4 Å². The van der Waals surface area contributed by atoms with Crippen LogP contribution >= 0.6 is 15.9 Å². The molecule has 2 aromatic carbocycles. The number of rotatable bonds is 5. The highest BCUT2D eigenvalue weighted by Crippen LogP contribution is 2.31. The number of hydrogen-bond donors (Lipinski definition) is 1. The molecule has 0 bridgehead atoms. The van der Waals surface area contributed by atoms with Crippen LogP contribution in [0.25, 0.3) is 0 Å². The van der Waals surface area contributed by atoms with Crippen molar-refractivity contribution in [1.82, 2.24) is 0 Å². The minimum absolute atomic E-state index is 0.449. The largest absolute Gasteiger partial charge is 0.389 e. The first kappa shape index (κ1) is 15.6. The van der Waals surface area contributed by atoms with Gasteiger partial charge in [0.2, 0.25) is 0 Å². The van der Waals surface area contributed by atoms with Crippen LogP contribution in [-0.4, -0.2) is 11.7 Å². The van der Waals surface area contributed by atoms with Gasteiger partial charge in [-0.05, 0) is 36.8 Å². The van der Waals surface area contributed by atoms with Crippen molar-refractivity contribution >= 4 is 27.3 Å². The van der Waals surface area contributed by atoms with Gasteiger partial charge in [-0.2, -0.15) is 5.26 Å². The van der Waals surface area contributed by atoms with Crippen LogP contribution < -0.4 is 4.90 Å². The quantitative estimate of drug-likeness (QED) is 0.865. The third-order valence-electron chi connectivity index (χ3n) is 3.26. The molecular formula is C17H17BrN2O. The standard InChI is InChI=1S/C17H17BrN2O/c1-13(21)16-9-8-15(12-17(16)18)20(11-5-10-19)14-6-3-2-4-7-14/h2-4,6-9,12-13,21H,5,11H2,1H3/t13-/m0/s1. The summed E-state index contributed by atoms with van der Waals surface area (Å²) in [5, 5.41) is 18.6. The molecular weight excluding hydrogens is 328 g/mol. The van der Waals surface area contributed by atoms with Gasteiger partial charge in [-0.1, -0.05) is 40.2 Å². The lowest BCUT2D eigenvalue weighted by molar-refractivity contribution is 0.198. The molecule has 2 aromatic rings. The lowest BCUT2D eigenvalue weighted by atomic mass is 10.1. The Bertz CT molecular complexity index is 635. The molecule has 1 atom stereocenters. The molecule has 0 aromatic heterocycles. The van der Waals surface area contributed by atoms with E-state index < -0.39 is 6.10 Å². The molecule has 0 unspecified atom stereocenters. The Kier molecular flexibility index (Phi) is 5.38. The number of aliphatic hydroxyl groups is 1. The Labute approximate surface area is 133 Å². The molecule has 0 fully saturated rings. The third kappa shape index (κ3) is 3.84. The number of nitriles is 1. The summed E-state index contributed by atoms with van der Waals surface area (Å²) in [7, 11) is 0. The molecule has 0 aliphatic carbocycles. The number of anilines is 2. The van der Waals surface area contributed by atoms with E-state index in [1.165, 1.54) is 0 Å². The van der Waals surface area contributed by atoms with E-state index in [0.717, 1.165) is 21.4 Å². The van der Waals surface area contributed by atoms with Gasteiger partial charge in [0, 0.05) is 22.4 Å². The van der Waals surface area contributed by atoms with Crippen molar-refractivity contribution in [2.24, 2.45) is 0 Å². The molecule has 21 heavy (non-hydrogen) atoms. The summed E-state index contributed by atoms with van der Waals surface area (Å²) in [5.74, 6) is 0. The first-order valence-corrected chi connectivity index (χ1v) is 7.60. The van der Waals surface area contributed by atoms with Gasteiger partial charge in [-0.25, -0.2) is 0 Å². The maximum Gasteiger partial charge on any atom is 0.0772 e. The normalized spacial score (nSPS) is 11.7. The van der Waals surface area contributed by atoms with E-state index in [9.17, 15) is 5.11 Å². The summed E-state index contributed by atoms with van der Waals surface area (Å²) in [6, 6.07) is 18.0. The minimum atomic E-state index is -0.516. The minimum Gasteiger partial charge on any atom is -0.389 e. The van der Waals surface area contributed by atoms with Crippen LogP contribution in [0.3, 0.4) is 0 Å². The Morgan fingerprint density at radius 1 is 1.19 bits per heavy atom. The van der Waals surface area contributed by atoms with Crippen LogP contribution in [-0.2, 0) is 0 Å². The molecule has 3 nitrogen and oxygen atoms in total. The lowest BCUT2D eigenvalue weighted by Gasteiger charge is -2.25. The average molecular weight is 345 g/mol. The fourth-order valence-electron chi connectivity index (χ4n) is 2.20. The van der Waals surface area contributed by atoms with Crippen LogP contribution in [0.1, 0.15) is 25.0 Å². The Hall–Kier alpha value is -1.83. The molecule has 0 saturated heterocycles. The average Bonchev–Trinajstić information content (AvgIpc) is 2.48. The zero-order chi connectivity index (χ0) is 15.2. The predicted molar refractivity (Wildman–Crippen MR) is 88.5 cm³/mol. The van der Waals surface area contributed by atoms with E-state index in [1.807, 2.05) is 48.5 Å². The van der Waals surface area contributed by atoms with Gasteiger partial charge in [-0.15, -0.1) is 0 Å². The van der Waals surface area contributed by atoms with E-state index in [2.05, 4.69) is 26.9 Å². The lowest BCUT2D eigenvalue weighted by Crippen LogP contribution is -2.18. The van der Waals surface area contributed by atoms with Gasteiger partial charge in [0.25, 0.3) is 0 Å². The first-order chi connectivity index (χ1) is 10.1. The second kappa shape index (κ2) is 7.26. The number of benzene rings is 2. The van der Waals surface area contributed by atoms with Crippen molar-refractivity contribution in [1.29, 1.82) is 5.26 Å². The molecule has 0 aliphatic heterocycles. The zero-order valence-corrected chi connectivity index (χ0v) is 13.4. The van der Waals surface area contributed by atoms with Crippen LogP contribution in [0.15, 0.2) is 53.0 Å². The molecule has 0 aliphatic rings. The molecule has 0 spiro atoms. The smallest absolute Gasteiger partial charge is 0.0772 e. The van der Waals surface area contributed by atoms with E-state index in [1.54, 1.807) is 6.92 Å². The summed E-state index contributed by atoms with van der Waals surface area (Å²) < 4.78 is 0.868. The fraction of sp³-hybridized carbons (Fsp3) is 0.235. The monoisotopic (exact) mass is 344 g/mol. The molecule has 2 rings (SSSR count). The second-order valence-corrected chi connectivity index (χ2v) is 5.63. The first-order valence-electron chi connectivity index (χ1n) is 6.80. The fourth-order valence-corrected chi connectivity index (χ4v) is 2.90. The topological polar surface area (TPSA) is 47.3 Å². The molecule has 0 amide bonds. The summed E-state index contributed by atoms with van der Waals surface area (Å²) in [4.78, 5) is 2.10. The van der Waals surface area contributed by atoms with Gasteiger partial charge in [-0.3, -0.25) is 0 Å². The van der Waals surface area contributed by atoms with Crippen LogP contribution in [0.4, 0.5) is 11.4 Å². The van der Waals surface area contributed by atoms with Gasteiger partial charge >= 0.3 is 0 Å². The van der Waals surface area contributed by atoms with Crippen LogP contribution in [0.2, 0.25) is 0 Å². The molecule has 0 saturated carbocycles. The highest BCUT2D eigenvalue weighted by atomic mass is 79.9. The molecule has 0 heterocycles. The van der Waals surface area contributed by atoms with Gasteiger partial charge in [0.1, 0.15) is 0 Å². The summed E-state index contributed by atoms with van der Waals surface area (Å²) in [5.41, 5.74) is 2.89. The molecule has 0 radical (unpaired) electrons. The maximum absolute atomic E-state index is 9.71. The van der Waals surface area contributed by atoms with E-state index in [-0.39, 0.29) is 0 Å². The number of hydrogen-bond acceptors (Lipinski definition) is 3. The second-order valence-electron chi connectivity index (χ2n) is 4.78. The van der Waals surface area contributed by atoms with Gasteiger partial charge in [0.05, 0.1) is 18.6 Å². The predicted octanol–water partition coefficient (Wildman–Crippen LogP) is 4.55. The van der Waals surface area contributed by atoms with Gasteiger partial charge in [0.15, 0.2) is 0 Å². The molecule has 1 N–H and O–H groups in total. The Morgan fingerprint density at radius 3 is 2.48 bits per heavy atom. The summed E-state index contributed by atoms with van der Waals surface area (Å²) in [6.45, 7) is 2.37. The molecule has 4 heteroatoms. The van der Waals surface area contributed by atoms with Crippen molar-refractivity contribution in [3.63, 3.8) is 0 Å². The summed E-state index contributed by atoms with van der Waals surface area (Å²) in [6.07, 6.45) is -0.0669. The number of para-hydroxylation sites is 1. The van der Waals surface area contributed by atoms with Crippen molar-refractivity contribution in [3.05, 3.63) is 58.6 Å². The van der Waals surface area contributed by atoms with Gasteiger partial charge < -0.3 is 10.0 Å². The Balaban J connectivity index is 2.38. The highest BCUT2D eigenvalue weighted by molar-refractivity contribution is 9.10. The van der Waals surface area contributed by atoms with E-state index >= 15 is 0 Å². The number of aliphatic hydroxyl groups excluding tert-OH is 1. The Morgan fingerprint density at radius 2 is 1.90 bits per heavy atom. The van der Waals surface area contributed by atoms with Crippen molar-refractivity contribution < 1.29 is 5.11 Å². The number of halogens is 1. The van der Waals surface area contributed by atoms with E-state index in [0.29, 0.717) is 13.0 Å². The third-order valence-corrected chi connectivity index (χ3v) is 3.95. The van der Waals surface area contributed by atoms with E-state index in [4.69, 9.17) is 5.26 Å². The highest BCUT2D eigenvalue weighted by Gasteiger charge is 2.12. The van der Waals surface area contributed by atoms with Crippen LogP contribution in [0, 0.1) is 11.3 Å². The van der Waals surface area contributed by atoms with Crippen LogP contribution in [0.5, 0.6) is 0 Å². The molecule has 108 valence electrons. The SMILES string of the molecule is C[C@H](O)c1ccc(N(CCC#N)c2ccccc2)cc1Br. The maximum atomic E-state index is 9.71. The zero-order valence-electron chi connectivity index (χ0n) is 11.8. The van der Waals surface area contributed by atoms with Crippen molar-refractivity contribution in [2.75, 3.05) is 11.4 Å². The summed E-state index contributed by atoms with van der Waals surface area (Å²) >= 11 is 3.51.